The molecule has 110 valence electrons. The summed E-state index contributed by atoms with van der Waals surface area (Å²) < 4.78 is 5.03. The number of hydrogen-bond donors (Lipinski definition) is 1. The lowest BCUT2D eigenvalue weighted by molar-refractivity contribution is 0.0778. The van der Waals surface area contributed by atoms with Crippen molar-refractivity contribution in [3.63, 3.8) is 0 Å². The zero-order valence-electron chi connectivity index (χ0n) is 11.6. The van der Waals surface area contributed by atoms with Gasteiger partial charge in [0, 0.05) is 13.6 Å². The number of aromatic hydroxyl groups is 1. The maximum atomic E-state index is 12.2. The third-order valence-corrected chi connectivity index (χ3v) is 3.02. The van der Waals surface area contributed by atoms with Crippen LogP contribution in [0.4, 0.5) is 0 Å². The fourth-order valence-corrected chi connectivity index (χ4v) is 1.95. The minimum Gasteiger partial charge on any atom is -0.504 e. The number of phenolic OH excluding ortho intramolecular Hbond substituents is 1. The van der Waals surface area contributed by atoms with E-state index in [0.717, 1.165) is 5.56 Å². The summed E-state index contributed by atoms with van der Waals surface area (Å²) in [5.41, 5.74) is 0.992. The predicted molar refractivity (Wildman–Crippen MR) is 77.5 cm³/mol. The molecular weight excluding hydrogens is 294 g/mol. The number of carbonyl (C=O) groups is 1. The lowest BCUT2D eigenvalue weighted by Crippen LogP contribution is -2.27. The molecule has 1 N–H and O–H groups in total. The number of hydrogen-bond acceptors (Lipinski definition) is 5. The van der Waals surface area contributed by atoms with Gasteiger partial charge in [0.25, 0.3) is 5.91 Å². The van der Waals surface area contributed by atoms with Gasteiger partial charge in [-0.2, -0.15) is 0 Å². The predicted octanol–water partition coefficient (Wildman–Crippen LogP) is 2.12. The van der Waals surface area contributed by atoms with Crippen LogP contribution in [-0.2, 0) is 6.54 Å². The summed E-state index contributed by atoms with van der Waals surface area (Å²) in [4.78, 5) is 21.5. The summed E-state index contributed by atoms with van der Waals surface area (Å²) in [6.45, 7) is 0.337. The molecule has 1 heterocycles. The number of aromatic nitrogens is 2. The number of nitrogens with zero attached hydrogens (tertiary/aromatic N) is 3. The normalized spacial score (nSPS) is 10.2. The maximum Gasteiger partial charge on any atom is 0.274 e. The number of rotatable bonds is 4. The van der Waals surface area contributed by atoms with Crippen LogP contribution in [0.2, 0.25) is 5.15 Å². The summed E-state index contributed by atoms with van der Waals surface area (Å²) in [6, 6.07) is 4.90. The molecule has 2 aromatic rings. The topological polar surface area (TPSA) is 75.5 Å². The Bertz CT molecular complexity index is 664. The van der Waals surface area contributed by atoms with Gasteiger partial charge in [0.05, 0.1) is 19.5 Å². The molecule has 7 heteroatoms. The Kier molecular flexibility index (Phi) is 4.59. The number of amides is 1. The van der Waals surface area contributed by atoms with Crippen LogP contribution in [0.1, 0.15) is 16.1 Å². The van der Waals surface area contributed by atoms with Gasteiger partial charge >= 0.3 is 0 Å². The quantitative estimate of drug-likeness (QED) is 0.936. The number of methoxy groups -OCH3 is 1. The van der Waals surface area contributed by atoms with Gasteiger partial charge in [-0.3, -0.25) is 9.78 Å². The third-order valence-electron chi connectivity index (χ3n) is 2.83. The molecule has 1 aromatic heterocycles. The molecular formula is C14H14ClN3O3. The molecule has 0 fully saturated rings. The second-order valence-corrected chi connectivity index (χ2v) is 4.78. The van der Waals surface area contributed by atoms with Crippen LogP contribution in [0, 0.1) is 0 Å². The average Bonchev–Trinajstić information content (AvgIpc) is 2.48. The van der Waals surface area contributed by atoms with E-state index in [9.17, 15) is 9.90 Å². The highest BCUT2D eigenvalue weighted by molar-refractivity contribution is 6.29. The van der Waals surface area contributed by atoms with E-state index >= 15 is 0 Å². The molecule has 0 aliphatic carbocycles. The first-order valence-electron chi connectivity index (χ1n) is 6.10. The average molecular weight is 308 g/mol. The SMILES string of the molecule is COc1cc(CN(C)C(=O)c2cncc(Cl)n2)ccc1O. The minimum absolute atomic E-state index is 0.0518. The minimum atomic E-state index is -0.294. The third kappa shape index (κ3) is 3.61. The maximum absolute atomic E-state index is 12.2. The zero-order chi connectivity index (χ0) is 15.4. The van der Waals surface area contributed by atoms with E-state index in [0.29, 0.717) is 12.3 Å². The van der Waals surface area contributed by atoms with Crippen molar-refractivity contribution in [2.24, 2.45) is 0 Å². The molecule has 0 radical (unpaired) electrons. The fourth-order valence-electron chi connectivity index (χ4n) is 1.81. The van der Waals surface area contributed by atoms with Crippen LogP contribution >= 0.6 is 11.6 Å². The highest BCUT2D eigenvalue weighted by Crippen LogP contribution is 2.26. The number of benzene rings is 1. The molecule has 2 rings (SSSR count). The summed E-state index contributed by atoms with van der Waals surface area (Å²) in [6.07, 6.45) is 2.73. The standard InChI is InChI=1S/C14H14ClN3O3/c1-18(14(20)10-6-16-7-13(15)17-10)8-9-3-4-11(19)12(5-9)21-2/h3-7,19H,8H2,1-2H3. The second-order valence-electron chi connectivity index (χ2n) is 4.39. The van der Waals surface area contributed by atoms with E-state index in [4.69, 9.17) is 16.3 Å². The molecule has 0 unspecified atom stereocenters. The Morgan fingerprint density at radius 2 is 2.19 bits per heavy atom. The van der Waals surface area contributed by atoms with Gasteiger partial charge < -0.3 is 14.7 Å². The second kappa shape index (κ2) is 6.41. The van der Waals surface area contributed by atoms with Crippen LogP contribution < -0.4 is 4.74 Å². The first-order valence-corrected chi connectivity index (χ1v) is 6.48. The van der Waals surface area contributed by atoms with Gasteiger partial charge in [-0.05, 0) is 17.7 Å². The summed E-state index contributed by atoms with van der Waals surface area (Å²) in [5, 5.41) is 9.72. The molecule has 6 nitrogen and oxygen atoms in total. The van der Waals surface area contributed by atoms with Gasteiger partial charge in [-0.15, -0.1) is 0 Å². The van der Waals surface area contributed by atoms with E-state index < -0.39 is 0 Å². The Morgan fingerprint density at radius 3 is 2.86 bits per heavy atom. The number of ether oxygens (including phenoxy) is 1. The summed E-state index contributed by atoms with van der Waals surface area (Å²) >= 11 is 5.72. The van der Waals surface area contributed by atoms with Crippen LogP contribution in [0.15, 0.2) is 30.6 Å². The number of phenols is 1. The first kappa shape index (κ1) is 15.1. The van der Waals surface area contributed by atoms with Crippen molar-refractivity contribution in [3.8, 4) is 11.5 Å². The van der Waals surface area contributed by atoms with E-state index in [-0.39, 0.29) is 22.5 Å². The first-order chi connectivity index (χ1) is 10.0. The monoisotopic (exact) mass is 307 g/mol. The van der Waals surface area contributed by atoms with E-state index in [1.165, 1.54) is 30.5 Å². The molecule has 1 aromatic carbocycles. The Balaban J connectivity index is 2.14. The highest BCUT2D eigenvalue weighted by atomic mass is 35.5. The van der Waals surface area contributed by atoms with Crippen molar-refractivity contribution in [2.75, 3.05) is 14.2 Å². The van der Waals surface area contributed by atoms with Crippen molar-refractivity contribution >= 4 is 17.5 Å². The van der Waals surface area contributed by atoms with Crippen LogP contribution in [0.25, 0.3) is 0 Å². The lowest BCUT2D eigenvalue weighted by atomic mass is 10.2. The molecule has 0 aliphatic rings. The van der Waals surface area contributed by atoms with Crippen molar-refractivity contribution in [1.82, 2.24) is 14.9 Å². The molecule has 0 spiro atoms. The molecule has 0 saturated carbocycles. The summed E-state index contributed by atoms with van der Waals surface area (Å²) in [5.74, 6) is 0.115. The van der Waals surface area contributed by atoms with E-state index in [1.807, 2.05) is 0 Å². The Hall–Kier alpha value is -2.34. The van der Waals surface area contributed by atoms with Gasteiger partial charge in [-0.1, -0.05) is 17.7 Å². The zero-order valence-corrected chi connectivity index (χ0v) is 12.3. The van der Waals surface area contributed by atoms with E-state index in [1.54, 1.807) is 19.2 Å². The van der Waals surface area contributed by atoms with Gasteiger partial charge in [0.15, 0.2) is 11.5 Å². The molecule has 0 aliphatic heterocycles. The summed E-state index contributed by atoms with van der Waals surface area (Å²) in [7, 11) is 3.11. The van der Waals surface area contributed by atoms with Gasteiger partial charge in [0.2, 0.25) is 0 Å². The molecule has 0 atom stereocenters. The molecule has 21 heavy (non-hydrogen) atoms. The molecule has 0 saturated heterocycles. The van der Waals surface area contributed by atoms with E-state index in [2.05, 4.69) is 9.97 Å². The van der Waals surface area contributed by atoms with Crippen LogP contribution in [0.3, 0.4) is 0 Å². The van der Waals surface area contributed by atoms with Gasteiger partial charge in [-0.25, -0.2) is 4.98 Å². The fraction of sp³-hybridized carbons (Fsp3) is 0.214. The van der Waals surface area contributed by atoms with Gasteiger partial charge in [0.1, 0.15) is 10.8 Å². The van der Waals surface area contributed by atoms with Crippen LogP contribution in [0.5, 0.6) is 11.5 Å². The van der Waals surface area contributed by atoms with Crippen molar-refractivity contribution in [1.29, 1.82) is 0 Å². The highest BCUT2D eigenvalue weighted by Gasteiger charge is 2.15. The molecule has 0 bridgehead atoms. The lowest BCUT2D eigenvalue weighted by Gasteiger charge is -2.17. The van der Waals surface area contributed by atoms with Crippen molar-refractivity contribution < 1.29 is 14.6 Å². The largest absolute Gasteiger partial charge is 0.504 e. The van der Waals surface area contributed by atoms with Crippen molar-refractivity contribution in [3.05, 3.63) is 47.0 Å². The number of halogens is 1. The van der Waals surface area contributed by atoms with Crippen LogP contribution in [-0.4, -0.2) is 40.0 Å². The van der Waals surface area contributed by atoms with Crippen molar-refractivity contribution in [2.45, 2.75) is 6.54 Å². The Labute approximate surface area is 127 Å². The smallest absolute Gasteiger partial charge is 0.274 e. The molecule has 1 amide bonds. The number of carbonyl (C=O) groups excluding carboxylic acids is 1. The Morgan fingerprint density at radius 1 is 1.43 bits per heavy atom.